The number of nitrogens with zero attached hydrogens (tertiary/aromatic N) is 1. The molecule has 0 aromatic rings. The van der Waals surface area contributed by atoms with E-state index in [0.717, 1.165) is 11.7 Å². The molecule has 0 atom stereocenters. The van der Waals surface area contributed by atoms with Crippen LogP contribution in [0.15, 0.2) is 16.8 Å². The molecule has 2 heteroatoms. The maximum absolute atomic E-state index is 5.56. The molecule has 74 valence electrons. The third-order valence-electron chi connectivity index (χ3n) is 1.81. The summed E-state index contributed by atoms with van der Waals surface area (Å²) in [5.41, 5.74) is -0.109. The van der Waals surface area contributed by atoms with E-state index in [1.807, 2.05) is 6.92 Å². The second-order valence-corrected chi connectivity index (χ2v) is 5.17. The fraction of sp³-hybridized carbons (Fsp3) is 0.727. The van der Waals surface area contributed by atoms with E-state index in [9.17, 15) is 0 Å². The molecule has 0 aromatic carbocycles. The summed E-state index contributed by atoms with van der Waals surface area (Å²) in [5, 5.41) is 0. The van der Waals surface area contributed by atoms with Crippen molar-refractivity contribution in [3.63, 3.8) is 0 Å². The summed E-state index contributed by atoms with van der Waals surface area (Å²) in [7, 11) is 0. The van der Waals surface area contributed by atoms with E-state index in [1.54, 1.807) is 0 Å². The lowest BCUT2D eigenvalue weighted by atomic mass is 9.93. The van der Waals surface area contributed by atoms with Crippen LogP contribution in [0.5, 0.6) is 0 Å². The van der Waals surface area contributed by atoms with Crippen molar-refractivity contribution in [3.8, 4) is 0 Å². The Balaban J connectivity index is 2.94. The van der Waals surface area contributed by atoms with Crippen molar-refractivity contribution in [1.82, 2.24) is 0 Å². The van der Waals surface area contributed by atoms with E-state index in [2.05, 4.69) is 45.7 Å². The van der Waals surface area contributed by atoms with Crippen LogP contribution in [0.4, 0.5) is 0 Å². The fourth-order valence-electron chi connectivity index (χ4n) is 1.35. The number of rotatable bonds is 0. The van der Waals surface area contributed by atoms with Gasteiger partial charge in [0.1, 0.15) is 0 Å². The lowest BCUT2D eigenvalue weighted by Crippen LogP contribution is -2.23. The summed E-state index contributed by atoms with van der Waals surface area (Å²) in [5.74, 6) is 1.78. The first-order chi connectivity index (χ1) is 5.71. The summed E-state index contributed by atoms with van der Waals surface area (Å²) >= 11 is 0. The van der Waals surface area contributed by atoms with E-state index in [-0.39, 0.29) is 11.0 Å². The van der Waals surface area contributed by atoms with Crippen molar-refractivity contribution in [2.45, 2.75) is 47.1 Å². The van der Waals surface area contributed by atoms with Gasteiger partial charge < -0.3 is 4.74 Å². The van der Waals surface area contributed by atoms with Crippen LogP contribution in [0.25, 0.3) is 0 Å². The zero-order valence-corrected chi connectivity index (χ0v) is 9.43. The molecule has 0 aliphatic carbocycles. The summed E-state index contributed by atoms with van der Waals surface area (Å²) in [6.45, 7) is 12.4. The minimum atomic E-state index is -0.0644. The molecule has 1 aliphatic heterocycles. The number of aliphatic imine (C=N–C) groups is 1. The van der Waals surface area contributed by atoms with Gasteiger partial charge in [-0.1, -0.05) is 0 Å². The van der Waals surface area contributed by atoms with Crippen LogP contribution in [0.1, 0.15) is 41.5 Å². The SMILES string of the molecule is CC1=CC(C)(C)C(=NC(C)(C)C)O1. The van der Waals surface area contributed by atoms with E-state index in [1.165, 1.54) is 0 Å². The second-order valence-electron chi connectivity index (χ2n) is 5.17. The summed E-state index contributed by atoms with van der Waals surface area (Å²) in [4.78, 5) is 4.55. The fourth-order valence-corrected chi connectivity index (χ4v) is 1.35. The molecule has 0 fully saturated rings. The van der Waals surface area contributed by atoms with Gasteiger partial charge in [-0.15, -0.1) is 0 Å². The number of ether oxygens (including phenoxy) is 1. The third kappa shape index (κ3) is 2.58. The highest BCUT2D eigenvalue weighted by Crippen LogP contribution is 2.31. The molecule has 0 aromatic heterocycles. The van der Waals surface area contributed by atoms with Gasteiger partial charge >= 0.3 is 0 Å². The van der Waals surface area contributed by atoms with Crippen LogP contribution in [0.3, 0.4) is 0 Å². The zero-order valence-electron chi connectivity index (χ0n) is 9.43. The molecule has 0 bridgehead atoms. The van der Waals surface area contributed by atoms with Gasteiger partial charge in [0.15, 0.2) is 5.90 Å². The Hall–Kier alpha value is -0.790. The molecule has 13 heavy (non-hydrogen) atoms. The molecular formula is C11H19NO. The normalized spacial score (nSPS) is 24.5. The molecule has 0 saturated heterocycles. The van der Waals surface area contributed by atoms with Crippen LogP contribution < -0.4 is 0 Å². The predicted molar refractivity (Wildman–Crippen MR) is 55.8 cm³/mol. The first-order valence-electron chi connectivity index (χ1n) is 4.68. The Labute approximate surface area is 80.7 Å². The molecule has 0 N–H and O–H groups in total. The highest BCUT2D eigenvalue weighted by molar-refractivity contribution is 5.87. The standard InChI is InChI=1S/C11H19NO/c1-8-7-11(5,6)9(13-8)12-10(2,3)4/h7H,1-6H3. The Bertz CT molecular complexity index is 266. The maximum atomic E-state index is 5.56. The molecule has 0 spiro atoms. The summed E-state index contributed by atoms with van der Waals surface area (Å²) in [6, 6.07) is 0. The minimum Gasteiger partial charge on any atom is -0.447 e. The van der Waals surface area contributed by atoms with Crippen LogP contribution in [-0.4, -0.2) is 11.4 Å². The van der Waals surface area contributed by atoms with Gasteiger partial charge in [-0.2, -0.15) is 0 Å². The lowest BCUT2D eigenvalue weighted by molar-refractivity contribution is 0.393. The molecule has 2 nitrogen and oxygen atoms in total. The van der Waals surface area contributed by atoms with Gasteiger partial charge in [-0.05, 0) is 47.6 Å². The maximum Gasteiger partial charge on any atom is 0.199 e. The quantitative estimate of drug-likeness (QED) is 0.562. The van der Waals surface area contributed by atoms with E-state index >= 15 is 0 Å². The van der Waals surface area contributed by atoms with Crippen molar-refractivity contribution < 1.29 is 4.74 Å². The predicted octanol–water partition coefficient (Wildman–Crippen LogP) is 3.14. The minimum absolute atomic E-state index is 0.0443. The monoisotopic (exact) mass is 181 g/mol. The summed E-state index contributed by atoms with van der Waals surface area (Å²) < 4.78 is 5.56. The van der Waals surface area contributed by atoms with Gasteiger partial charge in [-0.25, -0.2) is 4.99 Å². The highest BCUT2D eigenvalue weighted by atomic mass is 16.5. The average Bonchev–Trinajstić information content (AvgIpc) is 2.00. The van der Waals surface area contributed by atoms with Crippen LogP contribution in [0, 0.1) is 5.41 Å². The molecule has 0 unspecified atom stereocenters. The number of hydrogen-bond acceptors (Lipinski definition) is 2. The second kappa shape index (κ2) is 2.86. The van der Waals surface area contributed by atoms with E-state index in [0.29, 0.717) is 0 Å². The Morgan fingerprint density at radius 1 is 1.31 bits per heavy atom. The molecule has 0 radical (unpaired) electrons. The van der Waals surface area contributed by atoms with Crippen molar-refractivity contribution in [2.24, 2.45) is 10.4 Å². The average molecular weight is 181 g/mol. The topological polar surface area (TPSA) is 21.6 Å². The van der Waals surface area contributed by atoms with Crippen LogP contribution in [0.2, 0.25) is 0 Å². The van der Waals surface area contributed by atoms with Gasteiger partial charge in [-0.3, -0.25) is 0 Å². The summed E-state index contributed by atoms with van der Waals surface area (Å²) in [6.07, 6.45) is 2.11. The van der Waals surface area contributed by atoms with Crippen molar-refractivity contribution in [2.75, 3.05) is 0 Å². The largest absolute Gasteiger partial charge is 0.447 e. The smallest absolute Gasteiger partial charge is 0.199 e. The first kappa shape index (κ1) is 10.3. The zero-order chi connectivity index (χ0) is 10.3. The van der Waals surface area contributed by atoms with E-state index < -0.39 is 0 Å². The molecule has 1 heterocycles. The Kier molecular flexibility index (Phi) is 2.27. The number of allylic oxidation sites excluding steroid dienone is 1. The van der Waals surface area contributed by atoms with E-state index in [4.69, 9.17) is 4.74 Å². The van der Waals surface area contributed by atoms with Gasteiger partial charge in [0.2, 0.25) is 0 Å². The Morgan fingerprint density at radius 2 is 1.85 bits per heavy atom. The van der Waals surface area contributed by atoms with Crippen molar-refractivity contribution in [1.29, 1.82) is 0 Å². The first-order valence-corrected chi connectivity index (χ1v) is 4.68. The molecule has 1 rings (SSSR count). The lowest BCUT2D eigenvalue weighted by Gasteiger charge is -2.20. The highest BCUT2D eigenvalue weighted by Gasteiger charge is 2.32. The van der Waals surface area contributed by atoms with Crippen LogP contribution in [-0.2, 0) is 4.74 Å². The van der Waals surface area contributed by atoms with Crippen LogP contribution >= 0.6 is 0 Å². The molecule has 0 amide bonds. The van der Waals surface area contributed by atoms with Crippen molar-refractivity contribution >= 4 is 5.90 Å². The molecule has 0 saturated carbocycles. The van der Waals surface area contributed by atoms with Gasteiger partial charge in [0.25, 0.3) is 0 Å². The van der Waals surface area contributed by atoms with Gasteiger partial charge in [0, 0.05) is 0 Å². The number of hydrogen-bond donors (Lipinski definition) is 0. The van der Waals surface area contributed by atoms with Gasteiger partial charge in [0.05, 0.1) is 16.7 Å². The molecule has 1 aliphatic rings. The third-order valence-corrected chi connectivity index (χ3v) is 1.81. The Morgan fingerprint density at radius 3 is 2.15 bits per heavy atom. The molecular weight excluding hydrogens is 162 g/mol. The van der Waals surface area contributed by atoms with Crippen molar-refractivity contribution in [3.05, 3.63) is 11.8 Å².